The van der Waals surface area contributed by atoms with Crippen LogP contribution >= 0.6 is 0 Å². The van der Waals surface area contributed by atoms with Crippen molar-refractivity contribution in [2.75, 3.05) is 0 Å². The van der Waals surface area contributed by atoms with Crippen LogP contribution in [-0.4, -0.2) is 17.6 Å². The van der Waals surface area contributed by atoms with E-state index >= 15 is 0 Å². The van der Waals surface area contributed by atoms with Gasteiger partial charge in [0.05, 0.1) is 4.90 Å². The molecule has 1 aromatic heterocycles. The first-order chi connectivity index (χ1) is 7.51. The van der Waals surface area contributed by atoms with E-state index in [0.29, 0.717) is 9.78 Å². The first-order valence-corrected chi connectivity index (χ1v) is 6.05. The summed E-state index contributed by atoms with van der Waals surface area (Å²) in [6.45, 7) is 1.62. The quantitative estimate of drug-likeness (QED) is 0.838. The van der Waals surface area contributed by atoms with E-state index < -0.39 is 15.6 Å². The Morgan fingerprint density at radius 2 is 1.81 bits per heavy atom. The molecule has 0 aliphatic carbocycles. The Kier molecular flexibility index (Phi) is 2.43. The lowest BCUT2D eigenvalue weighted by Gasteiger charge is -2.03. The van der Waals surface area contributed by atoms with E-state index in [1.54, 1.807) is 25.1 Å². The number of hydrogen-bond donors (Lipinski definition) is 1. The maximum atomic E-state index is 12.0. The highest BCUT2D eigenvalue weighted by atomic mass is 32.2. The molecule has 1 N–H and O–H groups in total. The molecule has 0 spiro atoms. The van der Waals surface area contributed by atoms with E-state index in [-0.39, 0.29) is 4.90 Å². The number of rotatable bonds is 2. The summed E-state index contributed by atoms with van der Waals surface area (Å²) in [7, 11) is -3.80. The minimum absolute atomic E-state index is 0.0824. The number of benzene rings is 1. The highest BCUT2D eigenvalue weighted by Crippen LogP contribution is 2.10. The largest absolute Gasteiger partial charge is 0.286 e. The third-order valence-electron chi connectivity index (χ3n) is 2.10. The summed E-state index contributed by atoms with van der Waals surface area (Å²) < 4.78 is 24.6. The summed E-state index contributed by atoms with van der Waals surface area (Å²) >= 11 is 0. The van der Waals surface area contributed by atoms with Gasteiger partial charge in [0.1, 0.15) is 0 Å². The van der Waals surface area contributed by atoms with E-state index in [2.05, 4.69) is 5.10 Å². The lowest BCUT2D eigenvalue weighted by atomic mass is 10.4. The van der Waals surface area contributed by atoms with Gasteiger partial charge in [-0.25, -0.2) is 0 Å². The van der Waals surface area contributed by atoms with Crippen molar-refractivity contribution in [3.8, 4) is 0 Å². The minimum atomic E-state index is -3.80. The maximum Gasteiger partial charge on any atom is 0.284 e. The third-order valence-corrected chi connectivity index (χ3v) is 3.72. The summed E-state index contributed by atoms with van der Waals surface area (Å²) in [5, 5.41) is 2.50. The first kappa shape index (κ1) is 10.7. The normalized spacial score (nSPS) is 11.6. The zero-order valence-electron chi connectivity index (χ0n) is 8.54. The van der Waals surface area contributed by atoms with Gasteiger partial charge in [0.2, 0.25) is 0 Å². The highest BCUT2D eigenvalue weighted by molar-refractivity contribution is 7.89. The maximum absolute atomic E-state index is 12.0. The number of aromatic amines is 1. The van der Waals surface area contributed by atoms with Crippen molar-refractivity contribution < 1.29 is 8.42 Å². The average Bonchev–Trinajstić information content (AvgIpc) is 2.60. The van der Waals surface area contributed by atoms with Crippen molar-refractivity contribution in [1.82, 2.24) is 9.19 Å². The highest BCUT2D eigenvalue weighted by Gasteiger charge is 2.19. The molecule has 0 fully saturated rings. The second-order valence-corrected chi connectivity index (χ2v) is 5.15. The summed E-state index contributed by atoms with van der Waals surface area (Å²) in [6, 6.07) is 9.04. The van der Waals surface area contributed by atoms with Crippen molar-refractivity contribution >= 4 is 10.0 Å². The van der Waals surface area contributed by atoms with Crippen molar-refractivity contribution in [3.63, 3.8) is 0 Å². The van der Waals surface area contributed by atoms with E-state index in [0.717, 1.165) is 0 Å². The number of aromatic nitrogens is 2. The van der Waals surface area contributed by atoms with Crippen LogP contribution in [0.2, 0.25) is 0 Å². The lowest BCUT2D eigenvalue weighted by molar-refractivity contribution is 0.577. The van der Waals surface area contributed by atoms with E-state index in [9.17, 15) is 13.2 Å². The molecule has 0 atom stereocenters. The Morgan fingerprint density at radius 1 is 1.19 bits per heavy atom. The van der Waals surface area contributed by atoms with Gasteiger partial charge in [-0.05, 0) is 19.1 Å². The van der Waals surface area contributed by atoms with Gasteiger partial charge in [-0.15, -0.1) is 4.09 Å². The molecule has 5 nitrogen and oxygen atoms in total. The van der Waals surface area contributed by atoms with Gasteiger partial charge in [-0.1, -0.05) is 18.2 Å². The Labute approximate surface area is 92.4 Å². The number of nitrogens with zero attached hydrogens (tertiary/aromatic N) is 1. The van der Waals surface area contributed by atoms with Crippen LogP contribution in [0.15, 0.2) is 46.1 Å². The van der Waals surface area contributed by atoms with E-state index in [4.69, 9.17) is 0 Å². The molecule has 16 heavy (non-hydrogen) atoms. The van der Waals surface area contributed by atoms with Crippen molar-refractivity contribution in [3.05, 3.63) is 52.4 Å². The van der Waals surface area contributed by atoms with Crippen molar-refractivity contribution in [1.29, 1.82) is 0 Å². The SMILES string of the molecule is Cc1cc(=O)n(S(=O)(=O)c2ccccc2)[nH]1. The molecule has 0 amide bonds. The zero-order chi connectivity index (χ0) is 11.8. The van der Waals surface area contributed by atoms with Crippen LogP contribution in [0.3, 0.4) is 0 Å². The summed E-state index contributed by atoms with van der Waals surface area (Å²) in [4.78, 5) is 11.5. The predicted octanol–water partition coefficient (Wildman–Crippen LogP) is 0.722. The van der Waals surface area contributed by atoms with E-state index in [1.165, 1.54) is 18.2 Å². The molecule has 0 bridgehead atoms. The molecular weight excluding hydrogens is 228 g/mol. The Morgan fingerprint density at radius 3 is 2.31 bits per heavy atom. The Hall–Kier alpha value is -1.82. The molecule has 1 heterocycles. The lowest BCUT2D eigenvalue weighted by Crippen LogP contribution is -2.25. The van der Waals surface area contributed by atoms with Crippen LogP contribution in [0, 0.1) is 6.92 Å². The number of aryl methyl sites for hydroxylation is 1. The minimum Gasteiger partial charge on any atom is -0.286 e. The molecule has 84 valence electrons. The standard InChI is InChI=1S/C10H10N2O3S/c1-8-7-10(13)12(11-8)16(14,15)9-5-3-2-4-6-9/h2-7,11H,1H3. The molecule has 0 aliphatic heterocycles. The molecule has 0 radical (unpaired) electrons. The van der Waals surface area contributed by atoms with Crippen molar-refractivity contribution in [2.45, 2.75) is 11.8 Å². The third kappa shape index (κ3) is 1.67. The second-order valence-electron chi connectivity index (χ2n) is 3.36. The summed E-state index contributed by atoms with van der Waals surface area (Å²) in [5.74, 6) is 0. The fourth-order valence-electron chi connectivity index (χ4n) is 1.37. The van der Waals surface area contributed by atoms with Gasteiger partial charge in [0, 0.05) is 11.8 Å². The smallest absolute Gasteiger partial charge is 0.284 e. The molecular formula is C10H10N2O3S. The second kappa shape index (κ2) is 3.64. The van der Waals surface area contributed by atoms with Crippen LogP contribution in [0.4, 0.5) is 0 Å². The summed E-state index contributed by atoms with van der Waals surface area (Å²) in [5.41, 5.74) is -0.0779. The summed E-state index contributed by atoms with van der Waals surface area (Å²) in [6.07, 6.45) is 0. The molecule has 6 heteroatoms. The molecule has 0 saturated carbocycles. The van der Waals surface area contributed by atoms with Gasteiger partial charge in [0.15, 0.2) is 0 Å². The van der Waals surface area contributed by atoms with Gasteiger partial charge in [-0.3, -0.25) is 9.89 Å². The van der Waals surface area contributed by atoms with Gasteiger partial charge in [0.25, 0.3) is 15.6 Å². The monoisotopic (exact) mass is 238 g/mol. The fourth-order valence-corrected chi connectivity index (χ4v) is 2.63. The molecule has 0 aliphatic rings. The molecule has 1 aromatic carbocycles. The Bertz CT molecular complexity index is 653. The van der Waals surface area contributed by atoms with Gasteiger partial charge < -0.3 is 0 Å². The number of nitrogens with one attached hydrogen (secondary N) is 1. The number of H-pyrrole nitrogens is 1. The van der Waals surface area contributed by atoms with Crippen LogP contribution in [0.5, 0.6) is 0 Å². The molecule has 0 saturated heterocycles. The molecule has 2 rings (SSSR count). The topological polar surface area (TPSA) is 71.9 Å². The van der Waals surface area contributed by atoms with E-state index in [1.807, 2.05) is 0 Å². The Balaban J connectivity index is 2.65. The average molecular weight is 238 g/mol. The number of hydrogen-bond acceptors (Lipinski definition) is 3. The fraction of sp³-hybridized carbons (Fsp3) is 0.100. The zero-order valence-corrected chi connectivity index (χ0v) is 9.36. The molecule has 0 unspecified atom stereocenters. The van der Waals surface area contributed by atoms with Crippen LogP contribution in [0.1, 0.15) is 5.69 Å². The van der Waals surface area contributed by atoms with Crippen molar-refractivity contribution in [2.24, 2.45) is 0 Å². The van der Waals surface area contributed by atoms with Crippen LogP contribution in [-0.2, 0) is 10.0 Å². The van der Waals surface area contributed by atoms with Crippen LogP contribution < -0.4 is 5.56 Å². The predicted molar refractivity (Wildman–Crippen MR) is 58.8 cm³/mol. The van der Waals surface area contributed by atoms with Crippen LogP contribution in [0.25, 0.3) is 0 Å². The first-order valence-electron chi connectivity index (χ1n) is 4.61. The molecule has 2 aromatic rings. The van der Waals surface area contributed by atoms with Gasteiger partial charge >= 0.3 is 0 Å². The van der Waals surface area contributed by atoms with Gasteiger partial charge in [-0.2, -0.15) is 8.42 Å².